The van der Waals surface area contributed by atoms with Gasteiger partial charge in [-0.15, -0.1) is 11.3 Å². The summed E-state index contributed by atoms with van der Waals surface area (Å²) in [6.07, 6.45) is 2.61. The highest BCUT2D eigenvalue weighted by Gasteiger charge is 2.26. The van der Waals surface area contributed by atoms with E-state index < -0.39 is 0 Å². The number of hydrogen-bond donors (Lipinski definition) is 1. The third-order valence-electron chi connectivity index (χ3n) is 3.60. The minimum Gasteiger partial charge on any atom is -0.345 e. The van der Waals surface area contributed by atoms with E-state index in [1.807, 2.05) is 6.92 Å². The van der Waals surface area contributed by atoms with E-state index in [0.717, 1.165) is 23.3 Å². The number of anilines is 1. The number of nitrogens with two attached hydrogens (primary N) is 1. The van der Waals surface area contributed by atoms with E-state index in [0.29, 0.717) is 6.04 Å². The summed E-state index contributed by atoms with van der Waals surface area (Å²) >= 11 is 1.77. The average molecular weight is 253 g/mol. The van der Waals surface area contributed by atoms with Gasteiger partial charge in [-0.3, -0.25) is 0 Å². The zero-order valence-electron chi connectivity index (χ0n) is 11.2. The lowest BCUT2D eigenvalue weighted by atomic mass is 9.96. The van der Waals surface area contributed by atoms with Crippen molar-refractivity contribution in [3.63, 3.8) is 0 Å². The first kappa shape index (κ1) is 12.8. The first-order chi connectivity index (χ1) is 7.99. The second kappa shape index (κ2) is 4.94. The fourth-order valence-corrected chi connectivity index (χ4v) is 3.62. The van der Waals surface area contributed by atoms with Crippen molar-refractivity contribution in [3.8, 4) is 0 Å². The van der Waals surface area contributed by atoms with Crippen LogP contribution in [0.3, 0.4) is 0 Å². The van der Waals surface area contributed by atoms with Gasteiger partial charge in [-0.25, -0.2) is 4.98 Å². The van der Waals surface area contributed by atoms with Crippen molar-refractivity contribution >= 4 is 16.5 Å². The summed E-state index contributed by atoms with van der Waals surface area (Å²) < 4.78 is 0. The van der Waals surface area contributed by atoms with E-state index in [-0.39, 0.29) is 6.04 Å². The predicted octanol–water partition coefficient (Wildman–Crippen LogP) is 3.10. The van der Waals surface area contributed by atoms with Crippen LogP contribution in [0.1, 0.15) is 50.2 Å². The summed E-state index contributed by atoms with van der Waals surface area (Å²) in [4.78, 5) is 8.39. The van der Waals surface area contributed by atoms with E-state index in [2.05, 4.69) is 25.7 Å². The monoisotopic (exact) mass is 253 g/mol. The van der Waals surface area contributed by atoms with Crippen LogP contribution < -0.4 is 10.6 Å². The molecule has 1 aliphatic rings. The van der Waals surface area contributed by atoms with Crippen LogP contribution in [0.4, 0.5) is 5.13 Å². The Morgan fingerprint density at radius 3 is 2.71 bits per heavy atom. The first-order valence-corrected chi connectivity index (χ1v) is 7.30. The molecule has 1 aromatic heterocycles. The quantitative estimate of drug-likeness (QED) is 0.880. The third-order valence-corrected chi connectivity index (χ3v) is 4.99. The molecule has 1 saturated heterocycles. The molecule has 0 aromatic carbocycles. The Morgan fingerprint density at radius 2 is 2.12 bits per heavy atom. The number of piperidine rings is 1. The molecule has 3 nitrogen and oxygen atoms in total. The lowest BCUT2D eigenvalue weighted by Crippen LogP contribution is -2.41. The van der Waals surface area contributed by atoms with Crippen LogP contribution >= 0.6 is 11.3 Å². The molecule has 0 saturated carbocycles. The highest BCUT2D eigenvalue weighted by atomic mass is 32.1. The molecule has 2 heterocycles. The topological polar surface area (TPSA) is 42.2 Å². The highest BCUT2D eigenvalue weighted by Crippen LogP contribution is 2.34. The summed E-state index contributed by atoms with van der Waals surface area (Å²) in [6, 6.07) is 0.705. The van der Waals surface area contributed by atoms with Crippen molar-refractivity contribution in [2.45, 2.75) is 52.6 Å². The smallest absolute Gasteiger partial charge is 0.186 e. The van der Waals surface area contributed by atoms with Crippen molar-refractivity contribution < 1.29 is 0 Å². The number of aromatic nitrogens is 1. The van der Waals surface area contributed by atoms with Crippen molar-refractivity contribution in [2.24, 2.45) is 11.7 Å². The van der Waals surface area contributed by atoms with Gasteiger partial charge in [-0.05, 0) is 39.5 Å². The number of hydrogen-bond acceptors (Lipinski definition) is 4. The van der Waals surface area contributed by atoms with Gasteiger partial charge in [0.15, 0.2) is 5.13 Å². The predicted molar refractivity (Wildman–Crippen MR) is 74.7 cm³/mol. The van der Waals surface area contributed by atoms with Crippen LogP contribution in [-0.4, -0.2) is 17.6 Å². The van der Waals surface area contributed by atoms with Gasteiger partial charge in [0.2, 0.25) is 0 Å². The molecule has 0 spiro atoms. The maximum absolute atomic E-state index is 5.97. The lowest BCUT2D eigenvalue weighted by molar-refractivity contribution is 0.390. The van der Waals surface area contributed by atoms with Crippen LogP contribution in [0, 0.1) is 12.8 Å². The second-order valence-electron chi connectivity index (χ2n) is 5.42. The van der Waals surface area contributed by atoms with Crippen molar-refractivity contribution in [2.75, 3.05) is 11.4 Å². The fourth-order valence-electron chi connectivity index (χ4n) is 2.49. The lowest BCUT2D eigenvalue weighted by Gasteiger charge is -2.36. The van der Waals surface area contributed by atoms with E-state index in [4.69, 9.17) is 10.7 Å². The largest absolute Gasteiger partial charge is 0.345 e. The van der Waals surface area contributed by atoms with E-state index >= 15 is 0 Å². The van der Waals surface area contributed by atoms with Crippen LogP contribution in [0.2, 0.25) is 0 Å². The summed E-state index contributed by atoms with van der Waals surface area (Å²) in [7, 11) is 0. The zero-order chi connectivity index (χ0) is 12.6. The van der Waals surface area contributed by atoms with Crippen molar-refractivity contribution in [1.29, 1.82) is 0 Å². The number of aryl methyl sites for hydroxylation is 1. The fraction of sp³-hybridized carbons (Fsp3) is 0.769. The highest BCUT2D eigenvalue weighted by molar-refractivity contribution is 7.15. The molecule has 96 valence electrons. The molecule has 0 amide bonds. The summed E-state index contributed by atoms with van der Waals surface area (Å²) in [5, 5.41) is 1.16. The van der Waals surface area contributed by atoms with Crippen molar-refractivity contribution in [3.05, 3.63) is 10.6 Å². The molecule has 3 atom stereocenters. The Balaban J connectivity index is 2.23. The van der Waals surface area contributed by atoms with E-state index in [1.54, 1.807) is 11.3 Å². The molecular formula is C13H23N3S. The second-order valence-corrected chi connectivity index (χ2v) is 6.43. The minimum absolute atomic E-state index is 0.0961. The Hall–Kier alpha value is -0.610. The molecule has 17 heavy (non-hydrogen) atoms. The number of rotatable bonds is 2. The molecule has 0 aliphatic carbocycles. The summed E-state index contributed by atoms with van der Waals surface area (Å²) in [5.41, 5.74) is 7.07. The molecule has 2 N–H and O–H groups in total. The van der Waals surface area contributed by atoms with E-state index in [9.17, 15) is 0 Å². The van der Waals surface area contributed by atoms with E-state index in [1.165, 1.54) is 17.7 Å². The van der Waals surface area contributed by atoms with Crippen molar-refractivity contribution in [1.82, 2.24) is 4.98 Å². The Labute approximate surface area is 108 Å². The van der Waals surface area contributed by atoms with Gasteiger partial charge in [0.05, 0.1) is 5.69 Å². The minimum atomic E-state index is 0.0961. The molecule has 1 fully saturated rings. The molecule has 1 aromatic rings. The van der Waals surface area contributed by atoms with Crippen LogP contribution in [-0.2, 0) is 0 Å². The summed E-state index contributed by atoms with van der Waals surface area (Å²) in [5.74, 6) is 0.772. The van der Waals surface area contributed by atoms with Gasteiger partial charge in [0.25, 0.3) is 0 Å². The van der Waals surface area contributed by atoms with Gasteiger partial charge in [0.1, 0.15) is 0 Å². The number of thiazole rings is 1. The van der Waals surface area contributed by atoms with Crippen LogP contribution in [0.25, 0.3) is 0 Å². The number of nitrogens with zero attached hydrogens (tertiary/aromatic N) is 2. The Morgan fingerprint density at radius 1 is 1.41 bits per heavy atom. The summed E-state index contributed by atoms with van der Waals surface area (Å²) in [6.45, 7) is 9.86. The maximum Gasteiger partial charge on any atom is 0.186 e. The molecule has 1 aliphatic heterocycles. The van der Waals surface area contributed by atoms with Gasteiger partial charge in [0, 0.05) is 23.5 Å². The van der Waals surface area contributed by atoms with Gasteiger partial charge in [-0.1, -0.05) is 6.92 Å². The molecule has 0 radical (unpaired) electrons. The van der Waals surface area contributed by atoms with Gasteiger partial charge < -0.3 is 10.6 Å². The van der Waals surface area contributed by atoms with Gasteiger partial charge >= 0.3 is 0 Å². The average Bonchev–Trinajstić information content (AvgIpc) is 2.64. The van der Waals surface area contributed by atoms with Crippen LogP contribution in [0.5, 0.6) is 0 Å². The maximum atomic E-state index is 5.97. The SMILES string of the molecule is Cc1nc(N2CC(C)CCC2C)sc1C(C)N. The first-order valence-electron chi connectivity index (χ1n) is 6.48. The Bertz CT molecular complexity index is 386. The zero-order valence-corrected chi connectivity index (χ0v) is 12.0. The molecule has 3 unspecified atom stereocenters. The molecular weight excluding hydrogens is 230 g/mol. The molecule has 2 rings (SSSR count). The van der Waals surface area contributed by atoms with Crippen LogP contribution in [0.15, 0.2) is 0 Å². The van der Waals surface area contributed by atoms with Gasteiger partial charge in [-0.2, -0.15) is 0 Å². The normalized spacial score (nSPS) is 27.2. The Kier molecular flexibility index (Phi) is 3.73. The molecule has 4 heteroatoms. The third kappa shape index (κ3) is 2.63. The molecule has 0 bridgehead atoms. The standard InChI is InChI=1S/C13H23N3S/c1-8-5-6-9(2)16(7-8)13-15-11(4)12(17-13)10(3)14/h8-10H,5-7,14H2,1-4H3.